The Hall–Kier alpha value is -2.51. The molecule has 0 saturated heterocycles. The van der Waals surface area contributed by atoms with Gasteiger partial charge in [0.15, 0.2) is 0 Å². The lowest BCUT2D eigenvalue weighted by Crippen LogP contribution is -2.16. The largest absolute Gasteiger partial charge is 0.418 e. The second kappa shape index (κ2) is 8.45. The fourth-order valence-electron chi connectivity index (χ4n) is 2.15. The van der Waals surface area contributed by atoms with Crippen molar-refractivity contribution >= 4 is 52.5 Å². The fourth-order valence-corrected chi connectivity index (χ4v) is 2.51. The summed E-state index contributed by atoms with van der Waals surface area (Å²) in [6.07, 6.45) is -2.35. The van der Waals surface area contributed by atoms with Crippen LogP contribution < -0.4 is 10.6 Å². The molecule has 2 N–H and O–H groups in total. The van der Waals surface area contributed by atoms with Crippen LogP contribution in [0.25, 0.3) is 6.08 Å². The molecule has 0 aliphatic carbocycles. The number of benzene rings is 2. The molecule has 0 aliphatic heterocycles. The van der Waals surface area contributed by atoms with Gasteiger partial charge in [0, 0.05) is 28.7 Å². The Morgan fingerprint density at radius 3 is 2.37 bits per heavy atom. The van der Waals surface area contributed by atoms with Crippen LogP contribution >= 0.6 is 23.2 Å². The average molecular weight is 417 g/mol. The summed E-state index contributed by atoms with van der Waals surface area (Å²) in [5.41, 5.74) is -1.12. The third kappa shape index (κ3) is 6.01. The molecule has 0 aromatic heterocycles. The maximum Gasteiger partial charge on any atom is 0.418 e. The molecule has 0 atom stereocenters. The molecule has 2 aromatic rings. The minimum absolute atomic E-state index is 0.0333. The van der Waals surface area contributed by atoms with E-state index in [1.807, 2.05) is 0 Å². The summed E-state index contributed by atoms with van der Waals surface area (Å²) in [6, 6.07) is 7.67. The van der Waals surface area contributed by atoms with Crippen molar-refractivity contribution in [2.45, 2.75) is 13.1 Å². The Morgan fingerprint density at radius 2 is 1.74 bits per heavy atom. The van der Waals surface area contributed by atoms with Gasteiger partial charge in [-0.15, -0.1) is 0 Å². The summed E-state index contributed by atoms with van der Waals surface area (Å²) >= 11 is 11.8. The van der Waals surface area contributed by atoms with Gasteiger partial charge in [-0.25, -0.2) is 0 Å². The summed E-state index contributed by atoms with van der Waals surface area (Å²) in [5.74, 6) is -1.30. The number of carbonyl (C=O) groups is 2. The molecule has 0 spiro atoms. The van der Waals surface area contributed by atoms with Gasteiger partial charge in [0.1, 0.15) is 0 Å². The molecular formula is C18H13Cl2F3N2O2. The topological polar surface area (TPSA) is 58.2 Å². The molecule has 2 rings (SSSR count). The zero-order chi connectivity index (χ0) is 20.2. The minimum Gasteiger partial charge on any atom is -0.326 e. The number of rotatable bonds is 4. The average Bonchev–Trinajstić information content (AvgIpc) is 2.55. The lowest BCUT2D eigenvalue weighted by molar-refractivity contribution is -0.137. The van der Waals surface area contributed by atoms with Crippen molar-refractivity contribution in [2.24, 2.45) is 0 Å². The Kier molecular flexibility index (Phi) is 6.51. The molecule has 0 aliphatic rings. The molecule has 0 unspecified atom stereocenters. The number of halogens is 5. The van der Waals surface area contributed by atoms with E-state index < -0.39 is 29.2 Å². The van der Waals surface area contributed by atoms with Gasteiger partial charge in [-0.1, -0.05) is 23.2 Å². The van der Waals surface area contributed by atoms with E-state index in [0.29, 0.717) is 15.6 Å². The number of anilines is 2. The second-order valence-corrected chi connectivity index (χ2v) is 6.27. The molecule has 4 nitrogen and oxygen atoms in total. The van der Waals surface area contributed by atoms with Crippen molar-refractivity contribution in [2.75, 3.05) is 10.6 Å². The van der Waals surface area contributed by atoms with Crippen LogP contribution in [-0.4, -0.2) is 11.8 Å². The number of amides is 2. The van der Waals surface area contributed by atoms with E-state index in [-0.39, 0.29) is 5.69 Å². The molecule has 27 heavy (non-hydrogen) atoms. The maximum atomic E-state index is 13.3. The van der Waals surface area contributed by atoms with Crippen molar-refractivity contribution in [3.8, 4) is 0 Å². The molecule has 0 saturated carbocycles. The van der Waals surface area contributed by atoms with E-state index in [1.54, 1.807) is 6.07 Å². The lowest BCUT2D eigenvalue weighted by atomic mass is 10.1. The summed E-state index contributed by atoms with van der Waals surface area (Å²) in [7, 11) is 0. The lowest BCUT2D eigenvalue weighted by Gasteiger charge is -2.15. The van der Waals surface area contributed by atoms with Crippen molar-refractivity contribution in [3.05, 3.63) is 63.6 Å². The van der Waals surface area contributed by atoms with Crippen LogP contribution in [0.5, 0.6) is 0 Å². The first-order valence-corrected chi connectivity index (χ1v) is 8.25. The standard InChI is InChI=1S/C18H13Cl2F3N2O2/c1-10(26)24-13-4-6-16(14(9-13)18(21,22)23)25-17(27)7-2-11-8-12(19)3-5-15(11)20/h2-9H,1H3,(H,24,26)(H,25,27)/b7-2+. The van der Waals surface area contributed by atoms with Gasteiger partial charge < -0.3 is 10.6 Å². The van der Waals surface area contributed by atoms with Gasteiger partial charge in [-0.05, 0) is 48.0 Å². The first-order chi connectivity index (χ1) is 12.6. The van der Waals surface area contributed by atoms with E-state index in [9.17, 15) is 22.8 Å². The van der Waals surface area contributed by atoms with Crippen molar-refractivity contribution < 1.29 is 22.8 Å². The van der Waals surface area contributed by atoms with Crippen LogP contribution in [-0.2, 0) is 15.8 Å². The molecule has 0 bridgehead atoms. The Bertz CT molecular complexity index is 912. The smallest absolute Gasteiger partial charge is 0.326 e. The molecular weight excluding hydrogens is 404 g/mol. The second-order valence-electron chi connectivity index (χ2n) is 5.43. The molecule has 9 heteroatoms. The zero-order valence-electron chi connectivity index (χ0n) is 13.8. The fraction of sp³-hybridized carbons (Fsp3) is 0.111. The number of nitrogens with one attached hydrogen (secondary N) is 2. The quantitative estimate of drug-likeness (QED) is 0.635. The molecule has 2 amide bonds. The van der Waals surface area contributed by atoms with Crippen molar-refractivity contribution in [3.63, 3.8) is 0 Å². The maximum absolute atomic E-state index is 13.3. The van der Waals surface area contributed by atoms with Crippen LogP contribution in [0, 0.1) is 0 Å². The summed E-state index contributed by atoms with van der Waals surface area (Å²) < 4.78 is 39.8. The predicted octanol–water partition coefficient (Wildman–Crippen LogP) is 5.62. The molecule has 142 valence electrons. The molecule has 0 fully saturated rings. The van der Waals surface area contributed by atoms with Gasteiger partial charge in [0.25, 0.3) is 0 Å². The highest BCUT2D eigenvalue weighted by molar-refractivity contribution is 6.34. The van der Waals surface area contributed by atoms with E-state index in [4.69, 9.17) is 23.2 Å². The third-order valence-corrected chi connectivity index (χ3v) is 3.85. The number of hydrogen-bond donors (Lipinski definition) is 2. The van der Waals surface area contributed by atoms with Gasteiger partial charge in [-0.2, -0.15) is 13.2 Å². The minimum atomic E-state index is -4.73. The van der Waals surface area contributed by atoms with Gasteiger partial charge in [0.2, 0.25) is 11.8 Å². The number of alkyl halides is 3. The Labute approximate surface area is 163 Å². The van der Waals surface area contributed by atoms with Gasteiger partial charge in [0.05, 0.1) is 11.3 Å². The highest BCUT2D eigenvalue weighted by Crippen LogP contribution is 2.36. The normalized spacial score (nSPS) is 11.5. The number of carbonyl (C=O) groups excluding carboxylic acids is 2. The van der Waals surface area contributed by atoms with Gasteiger partial charge in [-0.3, -0.25) is 9.59 Å². The van der Waals surface area contributed by atoms with E-state index in [2.05, 4.69) is 10.6 Å². The predicted molar refractivity (Wildman–Crippen MR) is 99.9 cm³/mol. The van der Waals surface area contributed by atoms with E-state index in [0.717, 1.165) is 18.2 Å². The van der Waals surface area contributed by atoms with Crippen LogP contribution in [0.4, 0.5) is 24.5 Å². The van der Waals surface area contributed by atoms with Crippen molar-refractivity contribution in [1.82, 2.24) is 0 Å². The van der Waals surface area contributed by atoms with Crippen LogP contribution in [0.3, 0.4) is 0 Å². The highest BCUT2D eigenvalue weighted by Gasteiger charge is 2.34. The summed E-state index contributed by atoms with van der Waals surface area (Å²) in [4.78, 5) is 23.0. The number of hydrogen-bond acceptors (Lipinski definition) is 2. The summed E-state index contributed by atoms with van der Waals surface area (Å²) in [6.45, 7) is 1.18. The SMILES string of the molecule is CC(=O)Nc1ccc(NC(=O)/C=C/c2cc(Cl)ccc2Cl)c(C(F)(F)F)c1. The Balaban J connectivity index is 2.25. The van der Waals surface area contributed by atoms with E-state index >= 15 is 0 Å². The van der Waals surface area contributed by atoms with Crippen LogP contribution in [0.2, 0.25) is 10.0 Å². The first kappa shape index (κ1) is 20.8. The monoisotopic (exact) mass is 416 g/mol. The van der Waals surface area contributed by atoms with Gasteiger partial charge >= 0.3 is 6.18 Å². The zero-order valence-corrected chi connectivity index (χ0v) is 15.3. The van der Waals surface area contributed by atoms with Crippen LogP contribution in [0.1, 0.15) is 18.1 Å². The van der Waals surface area contributed by atoms with Crippen LogP contribution in [0.15, 0.2) is 42.5 Å². The third-order valence-electron chi connectivity index (χ3n) is 3.28. The molecule has 2 aromatic carbocycles. The molecule has 0 heterocycles. The first-order valence-electron chi connectivity index (χ1n) is 7.49. The molecule has 0 radical (unpaired) electrons. The highest BCUT2D eigenvalue weighted by atomic mass is 35.5. The summed E-state index contributed by atoms with van der Waals surface area (Å²) in [5, 5.41) is 5.16. The van der Waals surface area contributed by atoms with Crippen molar-refractivity contribution in [1.29, 1.82) is 0 Å². The Morgan fingerprint density at radius 1 is 1.04 bits per heavy atom. The van der Waals surface area contributed by atoms with E-state index in [1.165, 1.54) is 31.2 Å².